The van der Waals surface area contributed by atoms with Crippen molar-refractivity contribution in [2.75, 3.05) is 26.4 Å². The summed E-state index contributed by atoms with van der Waals surface area (Å²) in [6, 6.07) is 8.86. The Morgan fingerprint density at radius 2 is 2.08 bits per heavy atom. The topological polar surface area (TPSA) is 113 Å². The van der Waals surface area contributed by atoms with Crippen molar-refractivity contribution in [3.63, 3.8) is 0 Å². The van der Waals surface area contributed by atoms with Gasteiger partial charge in [-0.05, 0) is 19.0 Å². The van der Waals surface area contributed by atoms with Crippen LogP contribution < -0.4 is 11.1 Å². The second-order valence-corrected chi connectivity index (χ2v) is 6.11. The van der Waals surface area contributed by atoms with Crippen molar-refractivity contribution in [1.82, 2.24) is 20.4 Å². The molecule has 0 radical (unpaired) electrons. The number of H-pyrrole nitrogens is 1. The molecule has 1 aromatic heterocycles. The number of aromatic nitrogens is 2. The molecule has 2 aromatic rings. The zero-order valence-electron chi connectivity index (χ0n) is 14.2. The third-order valence-corrected chi connectivity index (χ3v) is 4.44. The molecule has 3 rings (SSSR count). The number of nitrogens with zero attached hydrogens (tertiary/aromatic N) is 2. The van der Waals surface area contributed by atoms with Crippen molar-refractivity contribution >= 4 is 17.7 Å². The molecule has 25 heavy (non-hydrogen) atoms. The summed E-state index contributed by atoms with van der Waals surface area (Å²) in [6.07, 6.45) is 0.499. The number of anilines is 1. The average Bonchev–Trinajstić information content (AvgIpc) is 3.17. The molecule has 0 bridgehead atoms. The van der Waals surface area contributed by atoms with E-state index >= 15 is 0 Å². The molecule has 0 aliphatic carbocycles. The van der Waals surface area contributed by atoms with Gasteiger partial charge in [0.15, 0.2) is 5.82 Å². The number of likely N-dealkylation sites (tertiary alicyclic amines) is 1. The predicted octanol–water partition coefficient (Wildman–Crippen LogP) is 0.634. The molecule has 1 amide bonds. The van der Waals surface area contributed by atoms with Gasteiger partial charge in [0.1, 0.15) is 11.7 Å². The van der Waals surface area contributed by atoms with E-state index in [0.717, 1.165) is 5.56 Å². The molecule has 1 aliphatic rings. The number of hydrogen-bond donors (Lipinski definition) is 3. The molecule has 1 aromatic carbocycles. The molecule has 8 nitrogen and oxygen atoms in total. The summed E-state index contributed by atoms with van der Waals surface area (Å²) in [4.78, 5) is 26.3. The fourth-order valence-electron chi connectivity index (χ4n) is 3.19. The highest BCUT2D eigenvalue weighted by molar-refractivity contribution is 6.01. The fraction of sp³-hybridized carbons (Fsp3) is 0.353. The molecule has 0 unspecified atom stereocenters. The number of benzene rings is 1. The van der Waals surface area contributed by atoms with E-state index in [4.69, 9.17) is 10.5 Å². The predicted molar refractivity (Wildman–Crippen MR) is 92.7 cm³/mol. The Morgan fingerprint density at radius 3 is 2.76 bits per heavy atom. The summed E-state index contributed by atoms with van der Waals surface area (Å²) in [5.74, 6) is -0.325. The highest BCUT2D eigenvalue weighted by Crippen LogP contribution is 2.28. The van der Waals surface area contributed by atoms with Crippen molar-refractivity contribution in [3.8, 4) is 11.1 Å². The van der Waals surface area contributed by atoms with Crippen LogP contribution in [-0.2, 0) is 9.53 Å². The monoisotopic (exact) mass is 343 g/mol. The number of carbonyl (C=O) groups is 2. The third-order valence-electron chi connectivity index (χ3n) is 4.44. The van der Waals surface area contributed by atoms with E-state index in [1.165, 1.54) is 7.11 Å². The number of ether oxygens (including phenoxy) is 1. The van der Waals surface area contributed by atoms with Crippen molar-refractivity contribution in [1.29, 1.82) is 0 Å². The molecule has 2 atom stereocenters. The standard InChI is InChI=1S/C17H21N5O3/c1-22-9-11(8-12(22)17(24)25-2)19-16(23)14-13(15(18)21-20-14)10-6-4-3-5-7-10/h3-7,11-12H,8-9H2,1-2H3,(H,19,23)(H3,18,20,21)/t11-,12-/m0/s1. The van der Waals surface area contributed by atoms with Crippen LogP contribution in [0.5, 0.6) is 0 Å². The zero-order valence-corrected chi connectivity index (χ0v) is 14.2. The average molecular weight is 343 g/mol. The maximum absolute atomic E-state index is 12.7. The molecule has 132 valence electrons. The summed E-state index contributed by atoms with van der Waals surface area (Å²) in [7, 11) is 3.19. The third kappa shape index (κ3) is 3.34. The lowest BCUT2D eigenvalue weighted by Crippen LogP contribution is -2.36. The smallest absolute Gasteiger partial charge is 0.323 e. The number of likely N-dealkylation sites (N-methyl/N-ethyl adjacent to an activating group) is 1. The van der Waals surface area contributed by atoms with E-state index < -0.39 is 0 Å². The Hall–Kier alpha value is -2.87. The Labute approximate surface area is 145 Å². The van der Waals surface area contributed by atoms with Gasteiger partial charge in [0.05, 0.1) is 12.7 Å². The molecule has 1 saturated heterocycles. The second kappa shape index (κ2) is 6.94. The van der Waals surface area contributed by atoms with Gasteiger partial charge in [-0.15, -0.1) is 0 Å². The van der Waals surface area contributed by atoms with Gasteiger partial charge in [0, 0.05) is 12.6 Å². The van der Waals surface area contributed by atoms with Crippen LogP contribution in [0.15, 0.2) is 30.3 Å². The lowest BCUT2D eigenvalue weighted by molar-refractivity contribution is -0.145. The highest BCUT2D eigenvalue weighted by atomic mass is 16.5. The van der Waals surface area contributed by atoms with Crippen LogP contribution in [0.2, 0.25) is 0 Å². The van der Waals surface area contributed by atoms with Gasteiger partial charge in [-0.1, -0.05) is 30.3 Å². The molecule has 8 heteroatoms. The molecule has 4 N–H and O–H groups in total. The molecule has 2 heterocycles. The molecule has 0 saturated carbocycles. The van der Waals surface area contributed by atoms with Crippen LogP contribution in [0.25, 0.3) is 11.1 Å². The summed E-state index contributed by atoms with van der Waals surface area (Å²) in [5, 5.41) is 9.62. The SMILES string of the molecule is COC(=O)[C@@H]1C[C@H](NC(=O)c2[nH]nc(N)c2-c2ccccc2)CN1C. The highest BCUT2D eigenvalue weighted by Gasteiger charge is 2.36. The van der Waals surface area contributed by atoms with Crippen LogP contribution in [-0.4, -0.2) is 59.8 Å². The Morgan fingerprint density at radius 1 is 1.36 bits per heavy atom. The Kier molecular flexibility index (Phi) is 4.71. The van der Waals surface area contributed by atoms with Gasteiger partial charge in [-0.3, -0.25) is 19.6 Å². The minimum atomic E-state index is -0.351. The first kappa shape index (κ1) is 17.0. The number of rotatable bonds is 4. The number of hydrogen-bond acceptors (Lipinski definition) is 6. The van der Waals surface area contributed by atoms with Crippen LogP contribution in [0.3, 0.4) is 0 Å². The van der Waals surface area contributed by atoms with E-state index in [1.807, 2.05) is 42.3 Å². The van der Waals surface area contributed by atoms with Crippen molar-refractivity contribution in [2.45, 2.75) is 18.5 Å². The van der Waals surface area contributed by atoms with E-state index in [0.29, 0.717) is 24.2 Å². The van der Waals surface area contributed by atoms with E-state index in [2.05, 4.69) is 15.5 Å². The van der Waals surface area contributed by atoms with Crippen LogP contribution >= 0.6 is 0 Å². The number of nitrogens with one attached hydrogen (secondary N) is 2. The van der Waals surface area contributed by atoms with E-state index in [-0.39, 0.29) is 29.8 Å². The zero-order chi connectivity index (χ0) is 18.0. The van der Waals surface area contributed by atoms with Crippen LogP contribution in [0.4, 0.5) is 5.82 Å². The number of amides is 1. The lowest BCUT2D eigenvalue weighted by Gasteiger charge is -2.15. The fourth-order valence-corrected chi connectivity index (χ4v) is 3.19. The van der Waals surface area contributed by atoms with Gasteiger partial charge in [-0.25, -0.2) is 0 Å². The molecule has 1 fully saturated rings. The number of nitrogen functional groups attached to an aromatic ring is 1. The maximum Gasteiger partial charge on any atom is 0.323 e. The first-order valence-electron chi connectivity index (χ1n) is 7.99. The number of carbonyl (C=O) groups excluding carboxylic acids is 2. The van der Waals surface area contributed by atoms with Crippen molar-refractivity contribution in [2.24, 2.45) is 0 Å². The molecular formula is C17H21N5O3. The summed E-state index contributed by atoms with van der Waals surface area (Å²) in [6.45, 7) is 0.565. The summed E-state index contributed by atoms with van der Waals surface area (Å²) < 4.78 is 4.80. The van der Waals surface area contributed by atoms with E-state index in [9.17, 15) is 9.59 Å². The number of methoxy groups -OCH3 is 1. The summed E-state index contributed by atoms with van der Waals surface area (Å²) in [5.41, 5.74) is 7.63. The normalized spacial score (nSPS) is 20.4. The first-order chi connectivity index (χ1) is 12.0. The first-order valence-corrected chi connectivity index (χ1v) is 7.99. The van der Waals surface area contributed by atoms with Gasteiger partial charge in [0.25, 0.3) is 5.91 Å². The Bertz CT molecular complexity index is 774. The van der Waals surface area contributed by atoms with Gasteiger partial charge < -0.3 is 15.8 Å². The number of aromatic amines is 1. The number of nitrogens with two attached hydrogens (primary N) is 1. The molecule has 0 spiro atoms. The minimum Gasteiger partial charge on any atom is -0.468 e. The van der Waals surface area contributed by atoms with Crippen LogP contribution in [0.1, 0.15) is 16.9 Å². The summed E-state index contributed by atoms with van der Waals surface area (Å²) >= 11 is 0. The van der Waals surface area contributed by atoms with Gasteiger partial charge in [0.2, 0.25) is 0 Å². The Balaban J connectivity index is 1.76. The second-order valence-electron chi connectivity index (χ2n) is 6.11. The minimum absolute atomic E-state index is 0.158. The van der Waals surface area contributed by atoms with Crippen molar-refractivity contribution in [3.05, 3.63) is 36.0 Å². The molecular weight excluding hydrogens is 322 g/mol. The quantitative estimate of drug-likeness (QED) is 0.702. The lowest BCUT2D eigenvalue weighted by atomic mass is 10.0. The largest absolute Gasteiger partial charge is 0.468 e. The van der Waals surface area contributed by atoms with Gasteiger partial charge >= 0.3 is 5.97 Å². The molecule has 1 aliphatic heterocycles. The van der Waals surface area contributed by atoms with Gasteiger partial charge in [-0.2, -0.15) is 5.10 Å². The van der Waals surface area contributed by atoms with Crippen molar-refractivity contribution < 1.29 is 14.3 Å². The maximum atomic E-state index is 12.7. The number of esters is 1. The van der Waals surface area contributed by atoms with E-state index in [1.54, 1.807) is 0 Å². The van der Waals surface area contributed by atoms with Crippen LogP contribution in [0, 0.1) is 0 Å².